The summed E-state index contributed by atoms with van der Waals surface area (Å²) in [5, 5.41) is 2.98. The van der Waals surface area contributed by atoms with Crippen molar-refractivity contribution < 1.29 is 19.1 Å². The zero-order valence-corrected chi connectivity index (χ0v) is 14.6. The summed E-state index contributed by atoms with van der Waals surface area (Å²) >= 11 is 0. The van der Waals surface area contributed by atoms with Gasteiger partial charge in [0.25, 0.3) is 5.91 Å². The molecule has 132 valence electrons. The van der Waals surface area contributed by atoms with Crippen LogP contribution < -0.4 is 14.8 Å². The maximum absolute atomic E-state index is 12.3. The highest BCUT2D eigenvalue weighted by Crippen LogP contribution is 2.27. The molecule has 2 amide bonds. The average Bonchev–Trinajstić information content (AvgIpc) is 2.65. The number of carbonyl (C=O) groups excluding carboxylic acids is 2. The van der Waals surface area contributed by atoms with Gasteiger partial charge in [-0.25, -0.2) is 0 Å². The van der Waals surface area contributed by atoms with E-state index in [4.69, 9.17) is 9.47 Å². The number of carbonyl (C=O) groups is 2. The fourth-order valence-corrected chi connectivity index (χ4v) is 2.93. The normalized spacial score (nSPS) is 15.0. The molecule has 1 heterocycles. The number of hydrogen-bond acceptors (Lipinski definition) is 4. The summed E-state index contributed by atoms with van der Waals surface area (Å²) in [5.41, 5.74) is 0.547. The Morgan fingerprint density at radius 2 is 1.83 bits per heavy atom. The summed E-state index contributed by atoms with van der Waals surface area (Å²) < 4.78 is 10.4. The molecule has 6 nitrogen and oxygen atoms in total. The SMILES string of the molecule is CCC(=O)N1CCC(CNC(=O)c2ccc(OC)c(OC)c2)CC1. The Hall–Kier alpha value is -2.24. The molecule has 0 saturated carbocycles. The van der Waals surface area contributed by atoms with E-state index in [1.165, 1.54) is 0 Å². The number of ether oxygens (including phenoxy) is 2. The minimum absolute atomic E-state index is 0.122. The van der Waals surface area contributed by atoms with Crippen LogP contribution in [-0.2, 0) is 4.79 Å². The maximum Gasteiger partial charge on any atom is 0.251 e. The Morgan fingerprint density at radius 3 is 2.42 bits per heavy atom. The highest BCUT2D eigenvalue weighted by Gasteiger charge is 2.22. The standard InChI is InChI=1S/C18H26N2O4/c1-4-17(21)20-9-7-13(8-10-20)12-19-18(22)14-5-6-15(23-2)16(11-14)24-3/h5-6,11,13H,4,7-10,12H2,1-3H3,(H,19,22). The molecule has 1 aromatic carbocycles. The Morgan fingerprint density at radius 1 is 1.17 bits per heavy atom. The van der Waals surface area contributed by atoms with Crippen LogP contribution in [0.3, 0.4) is 0 Å². The molecule has 1 saturated heterocycles. The molecule has 0 spiro atoms. The van der Waals surface area contributed by atoms with Crippen molar-refractivity contribution in [3.63, 3.8) is 0 Å². The van der Waals surface area contributed by atoms with Crippen molar-refractivity contribution >= 4 is 11.8 Å². The first kappa shape index (κ1) is 18.1. The summed E-state index contributed by atoms with van der Waals surface area (Å²) in [5.74, 6) is 1.64. The molecule has 1 fully saturated rings. The van der Waals surface area contributed by atoms with Gasteiger partial charge in [-0.1, -0.05) is 6.92 Å². The largest absolute Gasteiger partial charge is 0.493 e. The number of hydrogen-bond donors (Lipinski definition) is 1. The molecular formula is C18H26N2O4. The van der Waals surface area contributed by atoms with Crippen molar-refractivity contribution in [2.24, 2.45) is 5.92 Å². The third-order valence-corrected chi connectivity index (χ3v) is 4.47. The molecular weight excluding hydrogens is 308 g/mol. The fourth-order valence-electron chi connectivity index (χ4n) is 2.93. The molecule has 0 atom stereocenters. The maximum atomic E-state index is 12.3. The zero-order valence-electron chi connectivity index (χ0n) is 14.6. The number of nitrogens with one attached hydrogen (secondary N) is 1. The first-order valence-electron chi connectivity index (χ1n) is 8.37. The molecule has 2 rings (SSSR count). The molecule has 24 heavy (non-hydrogen) atoms. The molecule has 1 aliphatic heterocycles. The molecule has 0 aromatic heterocycles. The van der Waals surface area contributed by atoms with Gasteiger partial charge in [0.1, 0.15) is 0 Å². The van der Waals surface area contributed by atoms with Crippen molar-refractivity contribution in [3.8, 4) is 11.5 Å². The van der Waals surface area contributed by atoms with Gasteiger partial charge in [0.15, 0.2) is 11.5 Å². The number of rotatable bonds is 6. The van der Waals surface area contributed by atoms with E-state index < -0.39 is 0 Å². The van der Waals surface area contributed by atoms with Gasteiger partial charge in [-0.15, -0.1) is 0 Å². The van der Waals surface area contributed by atoms with Crippen LogP contribution >= 0.6 is 0 Å². The van der Waals surface area contributed by atoms with Gasteiger partial charge in [-0.2, -0.15) is 0 Å². The highest BCUT2D eigenvalue weighted by molar-refractivity contribution is 5.94. The number of amides is 2. The van der Waals surface area contributed by atoms with E-state index in [9.17, 15) is 9.59 Å². The van der Waals surface area contributed by atoms with Crippen LogP contribution in [0, 0.1) is 5.92 Å². The highest BCUT2D eigenvalue weighted by atomic mass is 16.5. The lowest BCUT2D eigenvalue weighted by atomic mass is 9.96. The van der Waals surface area contributed by atoms with E-state index in [1.807, 2.05) is 11.8 Å². The van der Waals surface area contributed by atoms with Crippen molar-refractivity contribution in [2.75, 3.05) is 33.9 Å². The minimum atomic E-state index is -0.122. The minimum Gasteiger partial charge on any atom is -0.493 e. The van der Waals surface area contributed by atoms with Crippen LogP contribution in [0.25, 0.3) is 0 Å². The molecule has 0 unspecified atom stereocenters. The van der Waals surface area contributed by atoms with Crippen molar-refractivity contribution in [2.45, 2.75) is 26.2 Å². The molecule has 0 aliphatic carbocycles. The van der Waals surface area contributed by atoms with Gasteiger partial charge in [0, 0.05) is 31.6 Å². The quantitative estimate of drug-likeness (QED) is 0.865. The summed E-state index contributed by atoms with van der Waals surface area (Å²) in [4.78, 5) is 25.9. The predicted molar refractivity (Wildman–Crippen MR) is 91.5 cm³/mol. The van der Waals surface area contributed by atoms with Crippen molar-refractivity contribution in [1.82, 2.24) is 10.2 Å². The second kappa shape index (κ2) is 8.57. The number of likely N-dealkylation sites (tertiary alicyclic amines) is 1. The molecule has 0 radical (unpaired) electrons. The number of nitrogens with zero attached hydrogens (tertiary/aromatic N) is 1. The lowest BCUT2D eigenvalue weighted by Gasteiger charge is -2.32. The van der Waals surface area contributed by atoms with Crippen LogP contribution in [0.5, 0.6) is 11.5 Å². The third kappa shape index (κ3) is 4.40. The van der Waals surface area contributed by atoms with Crippen molar-refractivity contribution in [3.05, 3.63) is 23.8 Å². The monoisotopic (exact) mass is 334 g/mol. The van der Waals surface area contributed by atoms with Crippen LogP contribution in [0.15, 0.2) is 18.2 Å². The Kier molecular flexibility index (Phi) is 6.46. The molecule has 1 N–H and O–H groups in total. The summed E-state index contributed by atoms with van der Waals surface area (Å²) in [6.45, 7) is 4.08. The average molecular weight is 334 g/mol. The van der Waals surface area contributed by atoms with Gasteiger partial charge in [-0.05, 0) is 37.0 Å². The van der Waals surface area contributed by atoms with Gasteiger partial charge in [0.2, 0.25) is 5.91 Å². The summed E-state index contributed by atoms with van der Waals surface area (Å²) in [7, 11) is 3.11. The predicted octanol–water partition coefficient (Wildman–Crippen LogP) is 2.08. The van der Waals surface area contributed by atoms with E-state index in [0.717, 1.165) is 25.9 Å². The summed E-state index contributed by atoms with van der Waals surface area (Å²) in [6.07, 6.45) is 2.41. The zero-order chi connectivity index (χ0) is 17.5. The number of piperidine rings is 1. The Bertz CT molecular complexity index is 580. The van der Waals surface area contributed by atoms with E-state index in [-0.39, 0.29) is 11.8 Å². The van der Waals surface area contributed by atoms with E-state index in [1.54, 1.807) is 32.4 Å². The Balaban J connectivity index is 1.85. The molecule has 1 aromatic rings. The third-order valence-electron chi connectivity index (χ3n) is 4.47. The van der Waals surface area contributed by atoms with Crippen LogP contribution in [0.1, 0.15) is 36.5 Å². The first-order chi connectivity index (χ1) is 11.6. The van der Waals surface area contributed by atoms with Gasteiger partial charge in [-0.3, -0.25) is 9.59 Å². The van der Waals surface area contributed by atoms with Crippen LogP contribution in [0.2, 0.25) is 0 Å². The Labute approximate surface area is 143 Å². The number of methoxy groups -OCH3 is 2. The summed E-state index contributed by atoms with van der Waals surface area (Å²) in [6, 6.07) is 5.12. The molecule has 6 heteroatoms. The first-order valence-corrected chi connectivity index (χ1v) is 8.37. The number of benzene rings is 1. The lowest BCUT2D eigenvalue weighted by molar-refractivity contribution is -0.132. The topological polar surface area (TPSA) is 67.9 Å². The second-order valence-corrected chi connectivity index (χ2v) is 5.96. The molecule has 1 aliphatic rings. The van der Waals surface area contributed by atoms with E-state index in [2.05, 4.69) is 5.32 Å². The van der Waals surface area contributed by atoms with Gasteiger partial charge >= 0.3 is 0 Å². The lowest BCUT2D eigenvalue weighted by Crippen LogP contribution is -2.41. The van der Waals surface area contributed by atoms with Gasteiger partial charge < -0.3 is 19.7 Å². The second-order valence-electron chi connectivity index (χ2n) is 5.96. The smallest absolute Gasteiger partial charge is 0.251 e. The van der Waals surface area contributed by atoms with Crippen LogP contribution in [-0.4, -0.2) is 50.6 Å². The fraction of sp³-hybridized carbons (Fsp3) is 0.556. The van der Waals surface area contributed by atoms with Crippen molar-refractivity contribution in [1.29, 1.82) is 0 Å². The van der Waals surface area contributed by atoms with E-state index >= 15 is 0 Å². The van der Waals surface area contributed by atoms with Gasteiger partial charge in [0.05, 0.1) is 14.2 Å². The van der Waals surface area contributed by atoms with Crippen LogP contribution in [0.4, 0.5) is 0 Å². The molecule has 0 bridgehead atoms. The van der Waals surface area contributed by atoms with E-state index in [0.29, 0.717) is 35.9 Å².